The lowest BCUT2D eigenvalue weighted by molar-refractivity contribution is -0.717. The zero-order valence-corrected chi connectivity index (χ0v) is 23.8. The first kappa shape index (κ1) is 24.3. The first-order valence-electron chi connectivity index (χ1n) is 15.2. The Bertz CT molecular complexity index is 2170. The fourth-order valence-corrected chi connectivity index (χ4v) is 7.64. The van der Waals surface area contributed by atoms with Crippen molar-refractivity contribution in [1.29, 1.82) is 0 Å². The summed E-state index contributed by atoms with van der Waals surface area (Å²) in [4.78, 5) is 0. The molecule has 3 aromatic heterocycles. The van der Waals surface area contributed by atoms with Gasteiger partial charge in [0.05, 0.1) is 22.5 Å². The van der Waals surface area contributed by atoms with Crippen molar-refractivity contribution in [3.63, 3.8) is 0 Å². The average Bonchev–Trinajstić information content (AvgIpc) is 3.41. The van der Waals surface area contributed by atoms with E-state index in [-0.39, 0.29) is 0 Å². The van der Waals surface area contributed by atoms with Crippen LogP contribution in [0, 0.1) is 0 Å². The SMILES string of the molecule is C1=C/[n+]2ccccc2-c2cc(-n3c4ccccc4c4ccccc43)ccc2CC2c3ccccc3-c3cccc[n+]3C2C/1. The summed E-state index contributed by atoms with van der Waals surface area (Å²) in [5.74, 6) is 0.355. The van der Waals surface area contributed by atoms with Gasteiger partial charge in [-0.2, -0.15) is 9.13 Å². The molecule has 0 spiro atoms. The lowest BCUT2D eigenvalue weighted by Crippen LogP contribution is -2.47. The molecule has 0 saturated heterocycles. The molecule has 0 fully saturated rings. The van der Waals surface area contributed by atoms with Gasteiger partial charge >= 0.3 is 0 Å². The zero-order chi connectivity index (χ0) is 28.3. The van der Waals surface area contributed by atoms with Crippen molar-refractivity contribution in [3.8, 4) is 28.2 Å². The summed E-state index contributed by atoms with van der Waals surface area (Å²) in [7, 11) is 0. The predicted molar refractivity (Wildman–Crippen MR) is 174 cm³/mol. The molecule has 2 atom stereocenters. The van der Waals surface area contributed by atoms with E-state index < -0.39 is 0 Å². The molecule has 2 unspecified atom stereocenters. The molecule has 2 aliphatic rings. The third-order valence-corrected chi connectivity index (χ3v) is 9.53. The topological polar surface area (TPSA) is 12.7 Å². The van der Waals surface area contributed by atoms with Gasteiger partial charge in [0.1, 0.15) is 0 Å². The highest BCUT2D eigenvalue weighted by Gasteiger charge is 2.40. The highest BCUT2D eigenvalue weighted by molar-refractivity contribution is 6.09. The minimum Gasteiger partial charge on any atom is -0.309 e. The van der Waals surface area contributed by atoms with Gasteiger partial charge in [0.25, 0.3) is 0 Å². The van der Waals surface area contributed by atoms with Crippen LogP contribution in [-0.4, -0.2) is 4.57 Å². The van der Waals surface area contributed by atoms with Crippen LogP contribution in [0.15, 0.2) is 146 Å². The third-order valence-electron chi connectivity index (χ3n) is 9.53. The van der Waals surface area contributed by atoms with Crippen LogP contribution in [-0.2, 0) is 6.42 Å². The van der Waals surface area contributed by atoms with Crippen LogP contribution >= 0.6 is 0 Å². The Labute approximate surface area is 251 Å². The number of hydrogen-bond acceptors (Lipinski definition) is 0. The number of aromatic nitrogens is 3. The van der Waals surface area contributed by atoms with Crippen LogP contribution in [0.3, 0.4) is 0 Å². The van der Waals surface area contributed by atoms with E-state index in [0.29, 0.717) is 12.0 Å². The van der Waals surface area contributed by atoms with E-state index in [0.717, 1.165) is 12.8 Å². The molecule has 0 amide bonds. The van der Waals surface area contributed by atoms with Crippen molar-refractivity contribution in [1.82, 2.24) is 4.57 Å². The van der Waals surface area contributed by atoms with E-state index in [1.165, 1.54) is 61.1 Å². The Kier molecular flexibility index (Phi) is 5.45. The third kappa shape index (κ3) is 3.74. The molecule has 0 aliphatic carbocycles. The zero-order valence-electron chi connectivity index (χ0n) is 23.8. The van der Waals surface area contributed by atoms with Crippen molar-refractivity contribution in [2.45, 2.75) is 24.8 Å². The molecular weight excluding hydrogens is 522 g/mol. The van der Waals surface area contributed by atoms with Crippen molar-refractivity contribution in [2.75, 3.05) is 0 Å². The fourth-order valence-electron chi connectivity index (χ4n) is 7.64. The van der Waals surface area contributed by atoms with E-state index in [2.05, 4.69) is 166 Å². The Hall–Kier alpha value is -5.28. The van der Waals surface area contributed by atoms with Gasteiger partial charge in [-0.3, -0.25) is 0 Å². The number of pyridine rings is 2. The lowest BCUT2D eigenvalue weighted by atomic mass is 9.77. The number of para-hydroxylation sites is 2. The second-order valence-corrected chi connectivity index (χ2v) is 11.8. The van der Waals surface area contributed by atoms with Crippen LogP contribution in [0.2, 0.25) is 0 Å². The van der Waals surface area contributed by atoms with Crippen LogP contribution < -0.4 is 9.13 Å². The lowest BCUT2D eigenvalue weighted by Gasteiger charge is -2.31. The Morgan fingerprint density at radius 1 is 0.605 bits per heavy atom. The second kappa shape index (κ2) is 9.64. The Morgan fingerprint density at radius 2 is 1.30 bits per heavy atom. The van der Waals surface area contributed by atoms with Crippen molar-refractivity contribution in [2.24, 2.45) is 0 Å². The number of benzene rings is 4. The molecule has 0 N–H and O–H groups in total. The van der Waals surface area contributed by atoms with Gasteiger partial charge < -0.3 is 4.57 Å². The Morgan fingerprint density at radius 3 is 2.14 bits per heavy atom. The predicted octanol–water partition coefficient (Wildman–Crippen LogP) is 8.45. The summed E-state index contributed by atoms with van der Waals surface area (Å²) < 4.78 is 7.24. The number of fused-ring (bicyclic) bond motifs is 12. The van der Waals surface area contributed by atoms with Crippen molar-refractivity contribution in [3.05, 3.63) is 157 Å². The molecule has 0 radical (unpaired) electrons. The maximum Gasteiger partial charge on any atom is 0.218 e. The van der Waals surface area contributed by atoms with E-state index in [1.807, 2.05) is 0 Å². The largest absolute Gasteiger partial charge is 0.309 e. The highest BCUT2D eigenvalue weighted by atomic mass is 15.0. The average molecular weight is 554 g/mol. The van der Waals surface area contributed by atoms with Gasteiger partial charge in [0, 0.05) is 52.7 Å². The molecule has 9 rings (SSSR count). The molecule has 3 nitrogen and oxygen atoms in total. The van der Waals surface area contributed by atoms with E-state index >= 15 is 0 Å². The molecule has 0 bridgehead atoms. The molecule has 5 heterocycles. The summed E-state index contributed by atoms with van der Waals surface area (Å²) in [6.45, 7) is 0. The summed E-state index contributed by atoms with van der Waals surface area (Å²) in [5.41, 5.74) is 11.6. The quantitative estimate of drug-likeness (QED) is 0.181. The molecule has 2 aliphatic heterocycles. The molecule has 204 valence electrons. The number of allylic oxidation sites excluding steroid dienone is 1. The fraction of sp³-hybridized carbons (Fsp3) is 0.100. The minimum absolute atomic E-state index is 0.332. The van der Waals surface area contributed by atoms with Gasteiger partial charge in [0.2, 0.25) is 11.4 Å². The first-order valence-corrected chi connectivity index (χ1v) is 15.2. The summed E-state index contributed by atoms with van der Waals surface area (Å²) in [5, 5.41) is 2.57. The molecule has 0 saturated carbocycles. The van der Waals surface area contributed by atoms with Crippen LogP contribution in [0.5, 0.6) is 0 Å². The standard InChI is InChI=1S/C40H31N3/c1-2-13-31-30(12-1)35-26-28-21-22-29(43-39-18-5-3-14-32(39)33-15-4-6-19-40(33)43)27-34(28)36-16-7-9-23-41(36)24-11-20-38(35)42-25-10-8-17-37(31)42/h1-19,21-25,27,35,38H,20,26H2/q+2/b24-11+. The van der Waals surface area contributed by atoms with Crippen molar-refractivity contribution >= 4 is 28.0 Å². The van der Waals surface area contributed by atoms with Gasteiger partial charge in [-0.05, 0) is 66.1 Å². The molecule has 3 heteroatoms. The smallest absolute Gasteiger partial charge is 0.218 e. The molecule has 7 aromatic rings. The van der Waals surface area contributed by atoms with Crippen LogP contribution in [0.4, 0.5) is 0 Å². The van der Waals surface area contributed by atoms with E-state index in [1.54, 1.807) is 0 Å². The molecule has 4 aromatic carbocycles. The van der Waals surface area contributed by atoms with Crippen molar-refractivity contribution < 1.29 is 9.13 Å². The van der Waals surface area contributed by atoms with Crippen LogP contribution in [0.1, 0.15) is 29.5 Å². The summed E-state index contributed by atoms with van der Waals surface area (Å²) in [6.07, 6.45) is 11.0. The number of nitrogens with zero attached hydrogens (tertiary/aromatic N) is 3. The Balaban J connectivity index is 1.29. The van der Waals surface area contributed by atoms with Gasteiger partial charge in [0.15, 0.2) is 24.6 Å². The normalized spacial score (nSPS) is 17.8. The van der Waals surface area contributed by atoms with Gasteiger partial charge in [-0.1, -0.05) is 60.7 Å². The number of rotatable bonds is 1. The highest BCUT2D eigenvalue weighted by Crippen LogP contribution is 2.43. The number of hydrogen-bond donors (Lipinski definition) is 0. The van der Waals surface area contributed by atoms with E-state index in [4.69, 9.17) is 0 Å². The molecular formula is C40H31N3+2. The first-order chi connectivity index (χ1) is 21.3. The minimum atomic E-state index is 0.332. The maximum atomic E-state index is 2.52. The second-order valence-electron chi connectivity index (χ2n) is 11.8. The molecule has 43 heavy (non-hydrogen) atoms. The maximum absolute atomic E-state index is 2.52. The van der Waals surface area contributed by atoms with Gasteiger partial charge in [-0.15, -0.1) is 0 Å². The van der Waals surface area contributed by atoms with Crippen LogP contribution in [0.25, 0.3) is 56.2 Å². The van der Waals surface area contributed by atoms with Gasteiger partial charge in [-0.25, -0.2) is 0 Å². The summed E-state index contributed by atoms with van der Waals surface area (Å²) in [6, 6.07) is 47.2. The summed E-state index contributed by atoms with van der Waals surface area (Å²) >= 11 is 0. The monoisotopic (exact) mass is 553 g/mol. The van der Waals surface area contributed by atoms with E-state index in [9.17, 15) is 0 Å².